The Kier molecular flexibility index (Phi) is 5.89. The zero-order valence-corrected chi connectivity index (χ0v) is 18.3. The molecule has 1 unspecified atom stereocenters. The van der Waals surface area contributed by atoms with E-state index >= 15 is 0 Å². The molecule has 3 rings (SSSR count). The second kappa shape index (κ2) is 8.06. The number of nitrogens with one attached hydrogen (secondary N) is 1. The number of nitrogens with zero attached hydrogens (tertiary/aromatic N) is 1. The minimum absolute atomic E-state index is 0.179. The van der Waals surface area contributed by atoms with Crippen molar-refractivity contribution in [2.75, 3.05) is 22.4 Å². The van der Waals surface area contributed by atoms with Crippen molar-refractivity contribution in [1.82, 2.24) is 0 Å². The van der Waals surface area contributed by atoms with E-state index in [9.17, 15) is 13.2 Å². The Labute approximate surface area is 172 Å². The average Bonchev–Trinajstić information content (AvgIpc) is 2.82. The molecule has 29 heavy (non-hydrogen) atoms. The number of sulfonamides is 1. The number of carbonyl (C=O) groups is 1. The summed E-state index contributed by atoms with van der Waals surface area (Å²) in [6, 6.07) is 11.3. The summed E-state index contributed by atoms with van der Waals surface area (Å²) in [5.74, 6) is 0.375. The average molecular weight is 417 g/mol. The molecule has 2 aromatic rings. The van der Waals surface area contributed by atoms with Gasteiger partial charge in [-0.3, -0.25) is 9.10 Å². The van der Waals surface area contributed by atoms with Gasteiger partial charge in [-0.25, -0.2) is 8.42 Å². The zero-order valence-electron chi connectivity index (χ0n) is 17.5. The number of aryl methyl sites for hydroxylation is 2. The fourth-order valence-electron chi connectivity index (χ4n) is 3.56. The summed E-state index contributed by atoms with van der Waals surface area (Å²) in [5, 5.41) is 3.02. The van der Waals surface area contributed by atoms with Gasteiger partial charge >= 0.3 is 0 Å². The number of benzene rings is 2. The summed E-state index contributed by atoms with van der Waals surface area (Å²) in [5.41, 5.74) is 4.23. The molecule has 1 atom stereocenters. The van der Waals surface area contributed by atoms with E-state index < -0.39 is 16.1 Å². The van der Waals surface area contributed by atoms with Crippen LogP contribution in [0.3, 0.4) is 0 Å². The summed E-state index contributed by atoms with van der Waals surface area (Å²) in [7, 11) is -3.49. The van der Waals surface area contributed by atoms with Crippen molar-refractivity contribution in [2.24, 2.45) is 0 Å². The number of rotatable bonds is 4. The Morgan fingerprint density at radius 1 is 1.21 bits per heavy atom. The smallest absolute Gasteiger partial charge is 0.265 e. The molecule has 0 radical (unpaired) electrons. The molecule has 7 heteroatoms. The second-order valence-electron chi connectivity index (χ2n) is 7.88. The van der Waals surface area contributed by atoms with Gasteiger partial charge in [-0.15, -0.1) is 0 Å². The lowest BCUT2D eigenvalue weighted by atomic mass is 9.98. The number of fused-ring (bicyclic) bond motifs is 1. The molecule has 0 bridgehead atoms. The third-order valence-electron chi connectivity index (χ3n) is 5.11. The minimum atomic E-state index is -3.49. The fourth-order valence-corrected chi connectivity index (χ4v) is 4.50. The molecule has 1 aliphatic rings. The third-order valence-corrected chi connectivity index (χ3v) is 6.29. The standard InChI is InChI=1S/C22H28N2O4S/c1-14(2)17-8-6-7-16(4)21(17)23-22(25)20-11-12-24(29(5,26)27)18-13-15(3)9-10-19(18)28-20/h6-10,13-14,20H,11-12H2,1-5H3,(H,23,25). The molecule has 1 aliphatic heterocycles. The van der Waals surface area contributed by atoms with E-state index in [1.165, 1.54) is 10.6 Å². The minimum Gasteiger partial charge on any atom is -0.478 e. The first-order chi connectivity index (χ1) is 13.6. The first-order valence-corrected chi connectivity index (χ1v) is 11.6. The van der Waals surface area contributed by atoms with E-state index in [0.717, 1.165) is 22.4 Å². The zero-order chi connectivity index (χ0) is 21.3. The van der Waals surface area contributed by atoms with Crippen LogP contribution in [0.25, 0.3) is 0 Å². The van der Waals surface area contributed by atoms with E-state index in [-0.39, 0.29) is 24.8 Å². The first-order valence-electron chi connectivity index (χ1n) is 9.73. The predicted molar refractivity (Wildman–Crippen MR) is 116 cm³/mol. The van der Waals surface area contributed by atoms with Crippen LogP contribution < -0.4 is 14.4 Å². The monoisotopic (exact) mass is 416 g/mol. The molecule has 1 heterocycles. The second-order valence-corrected chi connectivity index (χ2v) is 9.79. The summed E-state index contributed by atoms with van der Waals surface area (Å²) < 4.78 is 31.9. The van der Waals surface area contributed by atoms with Crippen molar-refractivity contribution in [2.45, 2.75) is 46.1 Å². The molecular formula is C22H28N2O4S. The van der Waals surface area contributed by atoms with Crippen molar-refractivity contribution < 1.29 is 17.9 Å². The number of anilines is 2. The van der Waals surface area contributed by atoms with E-state index in [1.807, 2.05) is 38.1 Å². The maximum absolute atomic E-state index is 13.1. The Hall–Kier alpha value is -2.54. The highest BCUT2D eigenvalue weighted by atomic mass is 32.2. The summed E-state index contributed by atoms with van der Waals surface area (Å²) in [6.45, 7) is 8.18. The Bertz CT molecular complexity index is 1030. The number of para-hydroxylation sites is 1. The molecule has 0 saturated carbocycles. The quantitative estimate of drug-likeness (QED) is 0.818. The van der Waals surface area contributed by atoms with E-state index in [1.54, 1.807) is 12.1 Å². The number of ether oxygens (including phenoxy) is 1. The van der Waals surface area contributed by atoms with Gasteiger partial charge in [-0.2, -0.15) is 0 Å². The van der Waals surface area contributed by atoms with Crippen LogP contribution in [-0.2, 0) is 14.8 Å². The van der Waals surface area contributed by atoms with Gasteiger partial charge in [-0.05, 0) is 48.6 Å². The van der Waals surface area contributed by atoms with Crippen molar-refractivity contribution in [3.63, 3.8) is 0 Å². The van der Waals surface area contributed by atoms with Crippen LogP contribution in [0.1, 0.15) is 42.9 Å². The molecule has 0 aliphatic carbocycles. The Balaban J connectivity index is 1.92. The van der Waals surface area contributed by atoms with Crippen LogP contribution in [0.4, 0.5) is 11.4 Å². The van der Waals surface area contributed by atoms with Gasteiger partial charge in [0.25, 0.3) is 5.91 Å². The van der Waals surface area contributed by atoms with Crippen LogP contribution in [0.15, 0.2) is 36.4 Å². The SMILES string of the molecule is Cc1ccc2c(c1)N(S(C)(=O)=O)CCC(C(=O)Nc1c(C)cccc1C(C)C)O2. The summed E-state index contributed by atoms with van der Waals surface area (Å²) in [4.78, 5) is 13.1. The van der Waals surface area contributed by atoms with Gasteiger partial charge in [0.15, 0.2) is 6.10 Å². The molecule has 0 spiro atoms. The summed E-state index contributed by atoms with van der Waals surface area (Å²) in [6.07, 6.45) is 0.639. The van der Waals surface area contributed by atoms with E-state index in [0.29, 0.717) is 11.4 Å². The third kappa shape index (κ3) is 4.56. The van der Waals surface area contributed by atoms with E-state index in [2.05, 4.69) is 19.2 Å². The van der Waals surface area contributed by atoms with E-state index in [4.69, 9.17) is 4.74 Å². The lowest BCUT2D eigenvalue weighted by molar-refractivity contribution is -0.122. The lowest BCUT2D eigenvalue weighted by Gasteiger charge is -2.21. The molecular weight excluding hydrogens is 388 g/mol. The molecule has 1 amide bonds. The predicted octanol–water partition coefficient (Wildman–Crippen LogP) is 3.98. The maximum atomic E-state index is 13.1. The lowest BCUT2D eigenvalue weighted by Crippen LogP contribution is -2.36. The number of hydrogen-bond acceptors (Lipinski definition) is 4. The van der Waals surface area contributed by atoms with Crippen LogP contribution in [0, 0.1) is 13.8 Å². The normalized spacial score (nSPS) is 16.8. The van der Waals surface area contributed by atoms with Crippen LogP contribution in [0.2, 0.25) is 0 Å². The molecule has 0 saturated heterocycles. The number of hydrogen-bond donors (Lipinski definition) is 1. The summed E-state index contributed by atoms with van der Waals surface area (Å²) >= 11 is 0. The molecule has 6 nitrogen and oxygen atoms in total. The molecule has 156 valence electrons. The topological polar surface area (TPSA) is 75.7 Å². The molecule has 0 fully saturated rings. The largest absolute Gasteiger partial charge is 0.478 e. The van der Waals surface area contributed by atoms with Gasteiger partial charge < -0.3 is 10.1 Å². The van der Waals surface area contributed by atoms with Crippen LogP contribution >= 0.6 is 0 Å². The molecule has 0 aromatic heterocycles. The van der Waals surface area contributed by atoms with Gasteiger partial charge in [0, 0.05) is 18.7 Å². The van der Waals surface area contributed by atoms with Crippen molar-refractivity contribution >= 4 is 27.3 Å². The van der Waals surface area contributed by atoms with Crippen LogP contribution in [-0.4, -0.2) is 33.2 Å². The van der Waals surface area contributed by atoms with Crippen molar-refractivity contribution in [1.29, 1.82) is 0 Å². The van der Waals surface area contributed by atoms with Gasteiger partial charge in [-0.1, -0.05) is 38.1 Å². The molecule has 2 aromatic carbocycles. The van der Waals surface area contributed by atoms with Crippen molar-refractivity contribution in [3.8, 4) is 5.75 Å². The first kappa shape index (κ1) is 21.2. The molecule has 1 N–H and O–H groups in total. The fraction of sp³-hybridized carbons (Fsp3) is 0.409. The van der Waals surface area contributed by atoms with Crippen molar-refractivity contribution in [3.05, 3.63) is 53.1 Å². The van der Waals surface area contributed by atoms with Gasteiger partial charge in [0.1, 0.15) is 5.75 Å². The highest BCUT2D eigenvalue weighted by Crippen LogP contribution is 2.35. The Morgan fingerprint density at radius 3 is 2.59 bits per heavy atom. The van der Waals surface area contributed by atoms with Gasteiger partial charge in [0.2, 0.25) is 10.0 Å². The number of amides is 1. The maximum Gasteiger partial charge on any atom is 0.265 e. The highest BCUT2D eigenvalue weighted by Gasteiger charge is 2.31. The van der Waals surface area contributed by atoms with Crippen LogP contribution in [0.5, 0.6) is 5.75 Å². The number of carbonyl (C=O) groups excluding carboxylic acids is 1. The van der Waals surface area contributed by atoms with Gasteiger partial charge in [0.05, 0.1) is 11.9 Å². The Morgan fingerprint density at radius 2 is 1.93 bits per heavy atom. The highest BCUT2D eigenvalue weighted by molar-refractivity contribution is 7.92.